The average molecular weight is 181 g/mol. The standard InChI is InChI=1S/C12H23N/c13-12-8-4-3-7-11(12)9-10-5-1-2-6-10/h10-12H,1-9,13H2/t11-,12+/m0/s1. The van der Waals surface area contributed by atoms with Crippen LogP contribution in [0.25, 0.3) is 0 Å². The molecule has 2 N–H and O–H groups in total. The van der Waals surface area contributed by atoms with Gasteiger partial charge in [0.05, 0.1) is 0 Å². The Morgan fingerprint density at radius 2 is 1.46 bits per heavy atom. The predicted molar refractivity (Wildman–Crippen MR) is 56.5 cm³/mol. The molecule has 0 bridgehead atoms. The highest BCUT2D eigenvalue weighted by molar-refractivity contribution is 4.81. The minimum atomic E-state index is 0.536. The molecule has 0 heterocycles. The van der Waals surface area contributed by atoms with E-state index in [0.29, 0.717) is 6.04 Å². The van der Waals surface area contributed by atoms with Crippen molar-refractivity contribution in [3.63, 3.8) is 0 Å². The molecule has 2 aliphatic rings. The van der Waals surface area contributed by atoms with Gasteiger partial charge in [0.25, 0.3) is 0 Å². The molecule has 0 radical (unpaired) electrons. The Hall–Kier alpha value is -0.0400. The lowest BCUT2D eigenvalue weighted by Crippen LogP contribution is -2.34. The lowest BCUT2D eigenvalue weighted by Gasteiger charge is -2.30. The topological polar surface area (TPSA) is 26.0 Å². The zero-order valence-corrected chi connectivity index (χ0v) is 8.67. The van der Waals surface area contributed by atoms with Gasteiger partial charge in [-0.1, -0.05) is 38.5 Å². The monoisotopic (exact) mass is 181 g/mol. The summed E-state index contributed by atoms with van der Waals surface area (Å²) in [6.45, 7) is 0. The van der Waals surface area contributed by atoms with Crippen LogP contribution in [0.15, 0.2) is 0 Å². The van der Waals surface area contributed by atoms with Gasteiger partial charge in [0.2, 0.25) is 0 Å². The van der Waals surface area contributed by atoms with Crippen molar-refractivity contribution in [3.8, 4) is 0 Å². The summed E-state index contributed by atoms with van der Waals surface area (Å²) in [5.74, 6) is 1.91. The molecule has 0 unspecified atom stereocenters. The molecule has 76 valence electrons. The lowest BCUT2D eigenvalue weighted by molar-refractivity contribution is 0.253. The number of rotatable bonds is 2. The molecule has 0 aromatic rings. The largest absolute Gasteiger partial charge is 0.327 e. The minimum Gasteiger partial charge on any atom is -0.327 e. The Labute approximate surface area is 82.1 Å². The van der Waals surface area contributed by atoms with Crippen LogP contribution in [-0.2, 0) is 0 Å². The molecule has 1 heteroatoms. The summed E-state index contributed by atoms with van der Waals surface area (Å²) >= 11 is 0. The van der Waals surface area contributed by atoms with Gasteiger partial charge >= 0.3 is 0 Å². The first kappa shape index (κ1) is 9.51. The number of hydrogen-bond donors (Lipinski definition) is 1. The molecule has 0 amide bonds. The van der Waals surface area contributed by atoms with Gasteiger partial charge in [0.1, 0.15) is 0 Å². The summed E-state index contributed by atoms with van der Waals surface area (Å²) in [6.07, 6.45) is 12.9. The Morgan fingerprint density at radius 3 is 2.15 bits per heavy atom. The van der Waals surface area contributed by atoms with Crippen LogP contribution in [0.2, 0.25) is 0 Å². The normalized spacial score (nSPS) is 36.7. The van der Waals surface area contributed by atoms with Gasteiger partial charge in [0.15, 0.2) is 0 Å². The molecule has 0 aromatic carbocycles. The van der Waals surface area contributed by atoms with E-state index in [1.807, 2.05) is 0 Å². The van der Waals surface area contributed by atoms with Crippen LogP contribution in [0.4, 0.5) is 0 Å². The van der Waals surface area contributed by atoms with Gasteiger partial charge in [-0.2, -0.15) is 0 Å². The van der Waals surface area contributed by atoms with Crippen molar-refractivity contribution in [2.24, 2.45) is 17.6 Å². The summed E-state index contributed by atoms with van der Waals surface area (Å²) in [5, 5.41) is 0. The van der Waals surface area contributed by atoms with Gasteiger partial charge in [-0.05, 0) is 31.1 Å². The third-order valence-corrected chi connectivity index (χ3v) is 4.08. The minimum absolute atomic E-state index is 0.536. The van der Waals surface area contributed by atoms with Crippen LogP contribution < -0.4 is 5.73 Å². The number of hydrogen-bond acceptors (Lipinski definition) is 1. The third kappa shape index (κ3) is 2.46. The van der Waals surface area contributed by atoms with E-state index in [-0.39, 0.29) is 0 Å². The molecular formula is C12H23N. The van der Waals surface area contributed by atoms with E-state index in [0.717, 1.165) is 11.8 Å². The first-order valence-corrected chi connectivity index (χ1v) is 6.12. The zero-order chi connectivity index (χ0) is 9.10. The second-order valence-electron chi connectivity index (χ2n) is 5.09. The molecule has 13 heavy (non-hydrogen) atoms. The smallest absolute Gasteiger partial charge is 0.00672 e. The van der Waals surface area contributed by atoms with Crippen molar-refractivity contribution >= 4 is 0 Å². The molecule has 0 spiro atoms. The van der Waals surface area contributed by atoms with Crippen molar-refractivity contribution in [1.29, 1.82) is 0 Å². The van der Waals surface area contributed by atoms with Gasteiger partial charge in [0, 0.05) is 6.04 Å². The summed E-state index contributed by atoms with van der Waals surface area (Å²) in [5.41, 5.74) is 6.16. The molecule has 2 saturated carbocycles. The molecule has 0 aliphatic heterocycles. The fraction of sp³-hybridized carbons (Fsp3) is 1.00. The van der Waals surface area contributed by atoms with Gasteiger partial charge in [-0.3, -0.25) is 0 Å². The second kappa shape index (κ2) is 4.45. The molecular weight excluding hydrogens is 158 g/mol. The number of nitrogens with two attached hydrogens (primary N) is 1. The van der Waals surface area contributed by atoms with E-state index in [1.54, 1.807) is 0 Å². The van der Waals surface area contributed by atoms with E-state index in [4.69, 9.17) is 5.73 Å². The Morgan fingerprint density at radius 1 is 0.846 bits per heavy atom. The van der Waals surface area contributed by atoms with E-state index in [2.05, 4.69) is 0 Å². The maximum atomic E-state index is 6.16. The highest BCUT2D eigenvalue weighted by atomic mass is 14.7. The molecule has 2 rings (SSSR count). The van der Waals surface area contributed by atoms with Crippen molar-refractivity contribution in [2.75, 3.05) is 0 Å². The first-order chi connectivity index (χ1) is 6.36. The van der Waals surface area contributed by atoms with Crippen LogP contribution >= 0.6 is 0 Å². The van der Waals surface area contributed by atoms with E-state index in [9.17, 15) is 0 Å². The van der Waals surface area contributed by atoms with E-state index >= 15 is 0 Å². The van der Waals surface area contributed by atoms with Crippen molar-refractivity contribution in [1.82, 2.24) is 0 Å². The van der Waals surface area contributed by atoms with Gasteiger partial charge in [-0.15, -0.1) is 0 Å². The van der Waals surface area contributed by atoms with E-state index < -0.39 is 0 Å². The van der Waals surface area contributed by atoms with Crippen molar-refractivity contribution in [2.45, 2.75) is 63.8 Å². The molecule has 2 atom stereocenters. The third-order valence-electron chi connectivity index (χ3n) is 4.08. The van der Waals surface area contributed by atoms with Crippen molar-refractivity contribution < 1.29 is 0 Å². The summed E-state index contributed by atoms with van der Waals surface area (Å²) in [6, 6.07) is 0.536. The highest BCUT2D eigenvalue weighted by Crippen LogP contribution is 2.35. The van der Waals surface area contributed by atoms with Crippen LogP contribution in [-0.4, -0.2) is 6.04 Å². The maximum Gasteiger partial charge on any atom is 0.00672 e. The molecule has 2 fully saturated rings. The first-order valence-electron chi connectivity index (χ1n) is 6.12. The zero-order valence-electron chi connectivity index (χ0n) is 8.67. The lowest BCUT2D eigenvalue weighted by atomic mass is 9.79. The molecule has 2 aliphatic carbocycles. The SMILES string of the molecule is N[C@@H]1CCCC[C@H]1CC1CCCC1. The Balaban J connectivity index is 1.78. The van der Waals surface area contributed by atoms with Crippen molar-refractivity contribution in [3.05, 3.63) is 0 Å². The fourth-order valence-corrected chi connectivity index (χ4v) is 3.20. The van der Waals surface area contributed by atoms with Crippen LogP contribution in [0.3, 0.4) is 0 Å². The molecule has 0 saturated heterocycles. The highest BCUT2D eigenvalue weighted by Gasteiger charge is 2.26. The van der Waals surface area contributed by atoms with Crippen LogP contribution in [0.1, 0.15) is 57.8 Å². The average Bonchev–Trinajstić information content (AvgIpc) is 2.61. The van der Waals surface area contributed by atoms with Gasteiger partial charge in [-0.25, -0.2) is 0 Å². The maximum absolute atomic E-state index is 6.16. The Kier molecular flexibility index (Phi) is 3.26. The summed E-state index contributed by atoms with van der Waals surface area (Å²) in [4.78, 5) is 0. The fourth-order valence-electron chi connectivity index (χ4n) is 3.20. The molecule has 1 nitrogen and oxygen atoms in total. The summed E-state index contributed by atoms with van der Waals surface area (Å²) in [7, 11) is 0. The predicted octanol–water partition coefficient (Wildman–Crippen LogP) is 3.08. The van der Waals surface area contributed by atoms with Crippen LogP contribution in [0, 0.1) is 11.8 Å². The van der Waals surface area contributed by atoms with E-state index in [1.165, 1.54) is 57.8 Å². The Bertz CT molecular complexity index is 149. The van der Waals surface area contributed by atoms with Crippen LogP contribution in [0.5, 0.6) is 0 Å². The molecule has 0 aromatic heterocycles. The quantitative estimate of drug-likeness (QED) is 0.696. The summed E-state index contributed by atoms with van der Waals surface area (Å²) < 4.78 is 0. The second-order valence-corrected chi connectivity index (χ2v) is 5.09. The van der Waals surface area contributed by atoms with Gasteiger partial charge < -0.3 is 5.73 Å².